The van der Waals surface area contributed by atoms with Crippen LogP contribution in [0.1, 0.15) is 39.0 Å². The predicted molar refractivity (Wildman–Crippen MR) is 83.1 cm³/mol. The lowest BCUT2D eigenvalue weighted by atomic mass is 9.93. The topological polar surface area (TPSA) is 32.3 Å². The summed E-state index contributed by atoms with van der Waals surface area (Å²) in [6, 6.07) is 0. The fourth-order valence-electron chi connectivity index (χ4n) is 2.21. The van der Waals surface area contributed by atoms with Crippen molar-refractivity contribution in [2.75, 3.05) is 13.1 Å². The van der Waals surface area contributed by atoms with Gasteiger partial charge < -0.3 is 10.4 Å². The summed E-state index contributed by atoms with van der Waals surface area (Å²) in [5.74, 6) is 0. The third-order valence-electron chi connectivity index (χ3n) is 3.34. The first-order chi connectivity index (χ1) is 9.13. The molecule has 19 heavy (non-hydrogen) atoms. The first kappa shape index (κ1) is 15.9. The van der Waals surface area contributed by atoms with Crippen molar-refractivity contribution in [3.8, 4) is 0 Å². The molecule has 0 bridgehead atoms. The lowest BCUT2D eigenvalue weighted by molar-refractivity contribution is 0.207. The van der Waals surface area contributed by atoms with Crippen molar-refractivity contribution in [2.45, 2.75) is 45.1 Å². The second kappa shape index (κ2) is 8.89. The van der Waals surface area contributed by atoms with Crippen LogP contribution in [0.25, 0.3) is 0 Å². The predicted octanol–water partition coefficient (Wildman–Crippen LogP) is 3.52. The standard InChI is InChI=1S/C17H27NO/c1-4-15-9-10-17(19)16(12-15)8-6-5-7-11-18-13-14(2)3/h4,9,12,17-19H,1-2,5-8,10-11,13H2,3H3. The van der Waals surface area contributed by atoms with E-state index in [-0.39, 0.29) is 6.10 Å². The highest BCUT2D eigenvalue weighted by Crippen LogP contribution is 2.23. The second-order valence-corrected chi connectivity index (χ2v) is 5.32. The Morgan fingerprint density at radius 2 is 2.26 bits per heavy atom. The summed E-state index contributed by atoms with van der Waals surface area (Å²) in [4.78, 5) is 0. The van der Waals surface area contributed by atoms with Gasteiger partial charge in [0.05, 0.1) is 6.10 Å². The van der Waals surface area contributed by atoms with Gasteiger partial charge >= 0.3 is 0 Å². The molecule has 0 aromatic rings. The zero-order chi connectivity index (χ0) is 14.1. The molecule has 0 aromatic heterocycles. The Labute approximate surface area is 117 Å². The largest absolute Gasteiger partial charge is 0.388 e. The van der Waals surface area contributed by atoms with Gasteiger partial charge in [0.1, 0.15) is 0 Å². The molecule has 1 aliphatic carbocycles. The van der Waals surface area contributed by atoms with Crippen molar-refractivity contribution in [3.63, 3.8) is 0 Å². The molecule has 0 fully saturated rings. The fourth-order valence-corrected chi connectivity index (χ4v) is 2.21. The summed E-state index contributed by atoms with van der Waals surface area (Å²) in [5, 5.41) is 13.3. The molecule has 0 aliphatic heterocycles. The summed E-state index contributed by atoms with van der Waals surface area (Å²) >= 11 is 0. The van der Waals surface area contributed by atoms with Crippen LogP contribution in [0.15, 0.2) is 48.1 Å². The van der Waals surface area contributed by atoms with Gasteiger partial charge in [-0.15, -0.1) is 0 Å². The Hall–Kier alpha value is -1.12. The summed E-state index contributed by atoms with van der Waals surface area (Å²) in [6.45, 7) is 11.6. The van der Waals surface area contributed by atoms with E-state index in [1.807, 2.05) is 19.1 Å². The Bertz CT molecular complexity index is 365. The van der Waals surface area contributed by atoms with Gasteiger partial charge in [0.15, 0.2) is 0 Å². The Morgan fingerprint density at radius 3 is 2.95 bits per heavy atom. The van der Waals surface area contributed by atoms with Crippen molar-refractivity contribution in [1.82, 2.24) is 5.32 Å². The Balaban J connectivity index is 2.15. The molecule has 0 saturated heterocycles. The first-order valence-corrected chi connectivity index (χ1v) is 7.19. The SMILES string of the molecule is C=CC1=CCC(O)C(CCCCCNCC(=C)C)=C1. The zero-order valence-corrected chi connectivity index (χ0v) is 12.1. The highest BCUT2D eigenvalue weighted by atomic mass is 16.3. The van der Waals surface area contributed by atoms with Gasteiger partial charge in [0, 0.05) is 6.54 Å². The summed E-state index contributed by atoms with van der Waals surface area (Å²) in [5.41, 5.74) is 3.48. The van der Waals surface area contributed by atoms with Gasteiger partial charge in [-0.1, -0.05) is 43.4 Å². The molecule has 0 heterocycles. The van der Waals surface area contributed by atoms with Crippen LogP contribution in [0.2, 0.25) is 0 Å². The average Bonchev–Trinajstić information content (AvgIpc) is 2.39. The van der Waals surface area contributed by atoms with Crippen molar-refractivity contribution in [2.24, 2.45) is 0 Å². The van der Waals surface area contributed by atoms with Crippen LogP contribution in [0.4, 0.5) is 0 Å². The van der Waals surface area contributed by atoms with Crippen LogP contribution in [-0.4, -0.2) is 24.3 Å². The van der Waals surface area contributed by atoms with E-state index in [4.69, 9.17) is 0 Å². The van der Waals surface area contributed by atoms with Gasteiger partial charge in [-0.3, -0.25) is 0 Å². The minimum atomic E-state index is -0.287. The van der Waals surface area contributed by atoms with Crippen LogP contribution in [0.3, 0.4) is 0 Å². The van der Waals surface area contributed by atoms with Gasteiger partial charge in [-0.25, -0.2) is 0 Å². The fraction of sp³-hybridized carbons (Fsp3) is 0.529. The maximum absolute atomic E-state index is 9.91. The molecule has 1 aliphatic rings. The highest BCUT2D eigenvalue weighted by Gasteiger charge is 2.13. The summed E-state index contributed by atoms with van der Waals surface area (Å²) < 4.78 is 0. The molecule has 0 saturated carbocycles. The Morgan fingerprint density at radius 1 is 1.47 bits per heavy atom. The third kappa shape index (κ3) is 6.55. The lowest BCUT2D eigenvalue weighted by Gasteiger charge is -2.18. The molecule has 0 spiro atoms. The normalized spacial score (nSPS) is 18.7. The molecule has 2 N–H and O–H groups in total. The first-order valence-electron chi connectivity index (χ1n) is 7.19. The number of unbranched alkanes of at least 4 members (excludes halogenated alkanes) is 2. The molecule has 2 heteroatoms. The van der Waals surface area contributed by atoms with Crippen molar-refractivity contribution in [1.29, 1.82) is 0 Å². The number of rotatable bonds is 9. The number of aliphatic hydroxyl groups excluding tert-OH is 1. The monoisotopic (exact) mass is 261 g/mol. The molecule has 0 aromatic carbocycles. The molecule has 0 radical (unpaired) electrons. The van der Waals surface area contributed by atoms with Crippen LogP contribution in [-0.2, 0) is 0 Å². The van der Waals surface area contributed by atoms with Gasteiger partial charge in [-0.2, -0.15) is 0 Å². The molecule has 106 valence electrons. The molecular formula is C17H27NO. The van der Waals surface area contributed by atoms with Crippen molar-refractivity contribution >= 4 is 0 Å². The van der Waals surface area contributed by atoms with Crippen molar-refractivity contribution < 1.29 is 5.11 Å². The number of aliphatic hydroxyl groups is 1. The van der Waals surface area contributed by atoms with Gasteiger partial charge in [0.2, 0.25) is 0 Å². The van der Waals surface area contributed by atoms with Crippen LogP contribution in [0.5, 0.6) is 0 Å². The molecule has 2 nitrogen and oxygen atoms in total. The van der Waals surface area contributed by atoms with E-state index >= 15 is 0 Å². The van der Waals surface area contributed by atoms with E-state index in [9.17, 15) is 5.11 Å². The van der Waals surface area contributed by atoms with E-state index in [1.54, 1.807) is 0 Å². The molecule has 1 rings (SSSR count). The minimum absolute atomic E-state index is 0.287. The number of hydrogen-bond donors (Lipinski definition) is 2. The van der Waals surface area contributed by atoms with Crippen LogP contribution in [0, 0.1) is 0 Å². The lowest BCUT2D eigenvalue weighted by Crippen LogP contribution is -2.17. The van der Waals surface area contributed by atoms with Crippen LogP contribution < -0.4 is 5.32 Å². The average molecular weight is 261 g/mol. The highest BCUT2D eigenvalue weighted by molar-refractivity contribution is 5.37. The zero-order valence-electron chi connectivity index (χ0n) is 12.1. The number of allylic oxidation sites excluding steroid dienone is 3. The van der Waals surface area contributed by atoms with E-state index < -0.39 is 0 Å². The third-order valence-corrected chi connectivity index (χ3v) is 3.34. The number of nitrogens with one attached hydrogen (secondary N) is 1. The van der Waals surface area contributed by atoms with E-state index in [1.165, 1.54) is 18.4 Å². The summed E-state index contributed by atoms with van der Waals surface area (Å²) in [6.07, 6.45) is 10.9. The second-order valence-electron chi connectivity index (χ2n) is 5.32. The van der Waals surface area contributed by atoms with Crippen molar-refractivity contribution in [3.05, 3.63) is 48.1 Å². The molecular weight excluding hydrogens is 234 g/mol. The van der Waals surface area contributed by atoms with Gasteiger partial charge in [0.25, 0.3) is 0 Å². The van der Waals surface area contributed by atoms with Crippen LogP contribution >= 0.6 is 0 Å². The maximum Gasteiger partial charge on any atom is 0.0788 e. The van der Waals surface area contributed by atoms with E-state index in [0.29, 0.717) is 0 Å². The van der Waals surface area contributed by atoms with E-state index in [0.717, 1.165) is 43.5 Å². The summed E-state index contributed by atoms with van der Waals surface area (Å²) in [7, 11) is 0. The molecule has 1 unspecified atom stereocenters. The molecule has 1 atom stereocenters. The Kier molecular flexibility index (Phi) is 7.46. The quantitative estimate of drug-likeness (QED) is 0.492. The molecule has 0 amide bonds. The van der Waals surface area contributed by atoms with E-state index in [2.05, 4.69) is 24.6 Å². The minimum Gasteiger partial charge on any atom is -0.388 e. The van der Waals surface area contributed by atoms with Gasteiger partial charge in [-0.05, 0) is 50.3 Å². The number of hydrogen-bond acceptors (Lipinski definition) is 2. The maximum atomic E-state index is 9.91. The smallest absolute Gasteiger partial charge is 0.0788 e.